The van der Waals surface area contributed by atoms with Crippen molar-refractivity contribution in [3.8, 4) is 5.75 Å². The molecule has 2 bridgehead atoms. The fourth-order valence-corrected chi connectivity index (χ4v) is 4.88. The standard InChI is InChI=1S/C24H28ClN3O3/c1-31-22-4-2-3-17(11-22)24(30)26-14-23(29)27-19-12-20-9-10-21(13-19)28(20)15-16-5-7-18(25)8-6-16/h2-8,11,19-21H,9-10,12-15H2,1H3,(H,26,30)(H,27,29)/t19?,20-,21+. The second-order valence-electron chi connectivity index (χ2n) is 8.33. The molecule has 7 heteroatoms. The summed E-state index contributed by atoms with van der Waals surface area (Å²) >= 11 is 6.00. The first-order valence-electron chi connectivity index (χ1n) is 10.7. The van der Waals surface area contributed by atoms with Crippen LogP contribution >= 0.6 is 11.6 Å². The number of hydrogen-bond donors (Lipinski definition) is 2. The highest BCUT2D eigenvalue weighted by Crippen LogP contribution is 2.36. The normalized spacial score (nSPS) is 22.7. The average Bonchev–Trinajstić information content (AvgIpc) is 3.01. The lowest BCUT2D eigenvalue weighted by Gasteiger charge is -2.39. The van der Waals surface area contributed by atoms with Crippen molar-refractivity contribution in [2.24, 2.45) is 0 Å². The van der Waals surface area contributed by atoms with E-state index in [9.17, 15) is 9.59 Å². The second kappa shape index (κ2) is 9.71. The van der Waals surface area contributed by atoms with Crippen LogP contribution in [0.5, 0.6) is 5.75 Å². The molecule has 2 aromatic rings. The van der Waals surface area contributed by atoms with E-state index in [-0.39, 0.29) is 24.4 Å². The van der Waals surface area contributed by atoms with Gasteiger partial charge < -0.3 is 15.4 Å². The molecule has 2 heterocycles. The van der Waals surface area contributed by atoms with Gasteiger partial charge in [0.2, 0.25) is 5.91 Å². The number of amides is 2. The smallest absolute Gasteiger partial charge is 0.251 e. The summed E-state index contributed by atoms with van der Waals surface area (Å²) in [5.74, 6) is 0.177. The summed E-state index contributed by atoms with van der Waals surface area (Å²) in [6, 6.07) is 16.0. The van der Waals surface area contributed by atoms with Crippen molar-refractivity contribution in [2.75, 3.05) is 13.7 Å². The molecular weight excluding hydrogens is 414 g/mol. The van der Waals surface area contributed by atoms with Crippen LogP contribution in [0.25, 0.3) is 0 Å². The predicted octanol–water partition coefficient (Wildman–Crippen LogP) is 3.39. The number of carbonyl (C=O) groups excluding carboxylic acids is 2. The number of rotatable bonds is 7. The third-order valence-corrected chi connectivity index (χ3v) is 6.52. The van der Waals surface area contributed by atoms with Crippen molar-refractivity contribution < 1.29 is 14.3 Å². The molecule has 0 saturated carbocycles. The number of fused-ring (bicyclic) bond motifs is 2. The van der Waals surface area contributed by atoms with Gasteiger partial charge in [-0.2, -0.15) is 0 Å². The van der Waals surface area contributed by atoms with E-state index in [1.807, 2.05) is 12.1 Å². The minimum Gasteiger partial charge on any atom is -0.497 e. The Morgan fingerprint density at radius 2 is 1.81 bits per heavy atom. The zero-order valence-electron chi connectivity index (χ0n) is 17.6. The van der Waals surface area contributed by atoms with Gasteiger partial charge in [-0.1, -0.05) is 29.8 Å². The monoisotopic (exact) mass is 441 g/mol. The maximum Gasteiger partial charge on any atom is 0.251 e. The molecule has 2 aliphatic heterocycles. The van der Waals surface area contributed by atoms with Crippen molar-refractivity contribution in [2.45, 2.75) is 50.4 Å². The summed E-state index contributed by atoms with van der Waals surface area (Å²) in [7, 11) is 1.55. The highest BCUT2D eigenvalue weighted by molar-refractivity contribution is 6.30. The molecule has 0 aliphatic carbocycles. The Morgan fingerprint density at radius 3 is 2.48 bits per heavy atom. The minimum absolute atomic E-state index is 0.0314. The Kier molecular flexibility index (Phi) is 6.78. The Balaban J connectivity index is 1.25. The maximum absolute atomic E-state index is 12.4. The molecular formula is C24H28ClN3O3. The van der Waals surface area contributed by atoms with Crippen LogP contribution in [-0.4, -0.2) is 48.5 Å². The quantitative estimate of drug-likeness (QED) is 0.691. The van der Waals surface area contributed by atoms with E-state index in [4.69, 9.17) is 16.3 Å². The van der Waals surface area contributed by atoms with Crippen LogP contribution in [0.15, 0.2) is 48.5 Å². The van der Waals surface area contributed by atoms with Crippen LogP contribution in [0.4, 0.5) is 0 Å². The van der Waals surface area contributed by atoms with Gasteiger partial charge in [-0.3, -0.25) is 14.5 Å². The van der Waals surface area contributed by atoms with E-state index in [2.05, 4.69) is 27.7 Å². The molecule has 4 rings (SSSR count). The van der Waals surface area contributed by atoms with E-state index in [1.54, 1.807) is 31.4 Å². The number of piperidine rings is 1. The summed E-state index contributed by atoms with van der Waals surface area (Å²) in [6.45, 7) is 0.889. The zero-order chi connectivity index (χ0) is 21.8. The van der Waals surface area contributed by atoms with Crippen molar-refractivity contribution in [1.29, 1.82) is 0 Å². The molecule has 0 aromatic heterocycles. The lowest BCUT2D eigenvalue weighted by atomic mass is 9.96. The number of nitrogens with one attached hydrogen (secondary N) is 2. The number of methoxy groups -OCH3 is 1. The van der Waals surface area contributed by atoms with Crippen LogP contribution in [0, 0.1) is 0 Å². The maximum atomic E-state index is 12.4. The summed E-state index contributed by atoms with van der Waals surface area (Å²) < 4.78 is 5.14. The molecule has 0 spiro atoms. The van der Waals surface area contributed by atoms with Gasteiger partial charge in [-0.15, -0.1) is 0 Å². The number of benzene rings is 2. The number of halogens is 1. The Morgan fingerprint density at radius 1 is 1.10 bits per heavy atom. The van der Waals surface area contributed by atoms with Crippen LogP contribution in [0.3, 0.4) is 0 Å². The number of carbonyl (C=O) groups is 2. The summed E-state index contributed by atoms with van der Waals surface area (Å²) in [5.41, 5.74) is 1.74. The van der Waals surface area contributed by atoms with Gasteiger partial charge in [0.25, 0.3) is 5.91 Å². The third-order valence-electron chi connectivity index (χ3n) is 6.27. The Hall–Kier alpha value is -2.57. The van der Waals surface area contributed by atoms with E-state index < -0.39 is 0 Å². The highest BCUT2D eigenvalue weighted by Gasteiger charge is 2.40. The van der Waals surface area contributed by atoms with Crippen LogP contribution in [0.1, 0.15) is 41.6 Å². The predicted molar refractivity (Wildman–Crippen MR) is 120 cm³/mol. The molecule has 164 valence electrons. The number of nitrogens with zero attached hydrogens (tertiary/aromatic N) is 1. The van der Waals surface area contributed by atoms with E-state index in [0.717, 1.165) is 37.3 Å². The molecule has 0 radical (unpaired) electrons. The Bertz CT molecular complexity index is 920. The third kappa shape index (κ3) is 5.38. The number of ether oxygens (including phenoxy) is 1. The van der Waals surface area contributed by atoms with Gasteiger partial charge in [0.1, 0.15) is 5.75 Å². The van der Waals surface area contributed by atoms with Crippen molar-refractivity contribution >= 4 is 23.4 Å². The SMILES string of the molecule is COc1cccc(C(=O)NCC(=O)NC2C[C@H]3CC[C@@H](C2)N3Cc2ccc(Cl)cc2)c1. The topological polar surface area (TPSA) is 70.7 Å². The molecule has 2 N–H and O–H groups in total. The van der Waals surface area contributed by atoms with E-state index >= 15 is 0 Å². The molecule has 2 amide bonds. The molecule has 2 aromatic carbocycles. The second-order valence-corrected chi connectivity index (χ2v) is 8.77. The molecule has 2 aliphatic rings. The van der Waals surface area contributed by atoms with Crippen molar-refractivity contribution in [1.82, 2.24) is 15.5 Å². The molecule has 3 atom stereocenters. The van der Waals surface area contributed by atoms with Gasteiger partial charge in [0.15, 0.2) is 0 Å². The first kappa shape index (κ1) is 21.7. The molecule has 1 unspecified atom stereocenters. The van der Waals surface area contributed by atoms with Crippen LogP contribution < -0.4 is 15.4 Å². The van der Waals surface area contributed by atoms with Crippen LogP contribution in [0.2, 0.25) is 5.02 Å². The van der Waals surface area contributed by atoms with Crippen molar-refractivity contribution in [3.63, 3.8) is 0 Å². The van der Waals surface area contributed by atoms with E-state index in [0.29, 0.717) is 23.4 Å². The Labute approximate surface area is 187 Å². The highest BCUT2D eigenvalue weighted by atomic mass is 35.5. The first-order valence-corrected chi connectivity index (χ1v) is 11.1. The largest absolute Gasteiger partial charge is 0.497 e. The first-order chi connectivity index (χ1) is 15.0. The van der Waals surface area contributed by atoms with Gasteiger partial charge in [-0.05, 0) is 61.6 Å². The van der Waals surface area contributed by atoms with Crippen LogP contribution in [-0.2, 0) is 11.3 Å². The van der Waals surface area contributed by atoms with Gasteiger partial charge >= 0.3 is 0 Å². The summed E-state index contributed by atoms with van der Waals surface area (Å²) in [6.07, 6.45) is 4.22. The van der Waals surface area contributed by atoms with Gasteiger partial charge in [-0.25, -0.2) is 0 Å². The molecule has 2 fully saturated rings. The fourth-order valence-electron chi connectivity index (χ4n) is 4.76. The van der Waals surface area contributed by atoms with Crippen molar-refractivity contribution in [3.05, 3.63) is 64.7 Å². The number of hydrogen-bond acceptors (Lipinski definition) is 4. The van der Waals surface area contributed by atoms with Gasteiger partial charge in [0.05, 0.1) is 13.7 Å². The molecule has 6 nitrogen and oxygen atoms in total. The van der Waals surface area contributed by atoms with E-state index in [1.165, 1.54) is 5.56 Å². The van der Waals surface area contributed by atoms with Gasteiger partial charge in [0, 0.05) is 35.3 Å². The fraction of sp³-hybridized carbons (Fsp3) is 0.417. The molecule has 2 saturated heterocycles. The summed E-state index contributed by atoms with van der Waals surface area (Å²) in [5, 5.41) is 6.57. The lowest BCUT2D eigenvalue weighted by Crippen LogP contribution is -2.51. The average molecular weight is 442 g/mol. The minimum atomic E-state index is -0.285. The zero-order valence-corrected chi connectivity index (χ0v) is 18.4. The molecule has 31 heavy (non-hydrogen) atoms. The summed E-state index contributed by atoms with van der Waals surface area (Å²) in [4.78, 5) is 27.3. The lowest BCUT2D eigenvalue weighted by molar-refractivity contribution is -0.121.